The number of hydrogen-bond acceptors (Lipinski definition) is 3. The Bertz CT molecular complexity index is 332. The summed E-state index contributed by atoms with van der Waals surface area (Å²) in [5.74, 6) is 2.54. The van der Waals surface area contributed by atoms with Crippen molar-refractivity contribution >= 4 is 0 Å². The van der Waals surface area contributed by atoms with Crippen LogP contribution in [-0.2, 0) is 4.74 Å². The molecule has 0 spiro atoms. The summed E-state index contributed by atoms with van der Waals surface area (Å²) >= 11 is 0. The smallest absolute Gasteiger partial charge is 0.134 e. The molecule has 1 aromatic heterocycles. The predicted molar refractivity (Wildman–Crippen MR) is 63.4 cm³/mol. The first-order chi connectivity index (χ1) is 7.66. The maximum Gasteiger partial charge on any atom is 0.134 e. The first-order valence-corrected chi connectivity index (χ1v) is 6.08. The van der Waals surface area contributed by atoms with Crippen LogP contribution in [0.4, 0.5) is 0 Å². The highest BCUT2D eigenvalue weighted by molar-refractivity contribution is 5.09. The Morgan fingerprint density at radius 1 is 1.38 bits per heavy atom. The van der Waals surface area contributed by atoms with Gasteiger partial charge in [-0.25, -0.2) is 0 Å². The highest BCUT2D eigenvalue weighted by Gasteiger charge is 2.23. The van der Waals surface area contributed by atoms with E-state index in [0.717, 1.165) is 31.1 Å². The molecule has 2 atom stereocenters. The van der Waals surface area contributed by atoms with Gasteiger partial charge in [0.1, 0.15) is 17.6 Å². The molecule has 0 amide bonds. The van der Waals surface area contributed by atoms with Gasteiger partial charge in [0.2, 0.25) is 0 Å². The number of hydrogen-bond donors (Lipinski definition) is 1. The molecule has 3 nitrogen and oxygen atoms in total. The fourth-order valence-electron chi connectivity index (χ4n) is 2.13. The lowest BCUT2D eigenvalue weighted by Crippen LogP contribution is -2.34. The van der Waals surface area contributed by atoms with Crippen molar-refractivity contribution in [1.82, 2.24) is 5.32 Å². The molecule has 0 bridgehead atoms. The predicted octanol–water partition coefficient (Wildman–Crippen LogP) is 2.66. The minimum absolute atomic E-state index is 0.0671. The zero-order valence-electron chi connectivity index (χ0n) is 10.3. The molecule has 0 aliphatic carbocycles. The van der Waals surface area contributed by atoms with Crippen LogP contribution >= 0.6 is 0 Å². The molecule has 0 aromatic carbocycles. The zero-order chi connectivity index (χ0) is 11.5. The molecule has 1 saturated heterocycles. The molecule has 2 unspecified atom stereocenters. The number of nitrogens with one attached hydrogen (secondary N) is 1. The van der Waals surface area contributed by atoms with Crippen LogP contribution in [0.2, 0.25) is 0 Å². The van der Waals surface area contributed by atoms with E-state index >= 15 is 0 Å². The third kappa shape index (κ3) is 2.66. The molecule has 1 aliphatic rings. The molecule has 0 radical (unpaired) electrons. The van der Waals surface area contributed by atoms with E-state index in [-0.39, 0.29) is 6.10 Å². The van der Waals surface area contributed by atoms with Gasteiger partial charge in [-0.2, -0.15) is 0 Å². The van der Waals surface area contributed by atoms with Gasteiger partial charge in [-0.1, -0.05) is 13.8 Å². The van der Waals surface area contributed by atoms with Crippen molar-refractivity contribution in [2.45, 2.75) is 39.3 Å². The zero-order valence-corrected chi connectivity index (χ0v) is 10.3. The molecule has 0 saturated carbocycles. The van der Waals surface area contributed by atoms with Crippen molar-refractivity contribution in [3.63, 3.8) is 0 Å². The van der Waals surface area contributed by atoms with Gasteiger partial charge >= 0.3 is 0 Å². The average Bonchev–Trinajstić information content (AvgIpc) is 2.54. The lowest BCUT2D eigenvalue weighted by atomic mass is 10.0. The monoisotopic (exact) mass is 223 g/mol. The lowest BCUT2D eigenvalue weighted by Gasteiger charge is -2.19. The number of ether oxygens (including phenoxy) is 1. The number of furan rings is 1. The van der Waals surface area contributed by atoms with E-state index in [1.807, 2.05) is 19.1 Å². The summed E-state index contributed by atoms with van der Waals surface area (Å²) in [5.41, 5.74) is 0. The van der Waals surface area contributed by atoms with Crippen molar-refractivity contribution in [3.8, 4) is 0 Å². The van der Waals surface area contributed by atoms with E-state index < -0.39 is 0 Å². The maximum absolute atomic E-state index is 5.83. The Labute approximate surface area is 97.2 Å². The topological polar surface area (TPSA) is 34.4 Å². The third-order valence-electron chi connectivity index (χ3n) is 3.20. The van der Waals surface area contributed by atoms with Crippen molar-refractivity contribution in [1.29, 1.82) is 0 Å². The Kier molecular flexibility index (Phi) is 3.66. The quantitative estimate of drug-likeness (QED) is 0.837. The molecule has 1 N–H and O–H groups in total. The summed E-state index contributed by atoms with van der Waals surface area (Å²) in [5, 5.41) is 3.55. The fourth-order valence-corrected chi connectivity index (χ4v) is 2.13. The average molecular weight is 223 g/mol. The van der Waals surface area contributed by atoms with Gasteiger partial charge in [0.15, 0.2) is 0 Å². The molecular formula is C13H21NO2. The van der Waals surface area contributed by atoms with Crippen LogP contribution in [0.1, 0.15) is 37.9 Å². The second-order valence-corrected chi connectivity index (χ2v) is 4.86. The van der Waals surface area contributed by atoms with Gasteiger partial charge in [0.25, 0.3) is 0 Å². The highest BCUT2D eigenvalue weighted by atomic mass is 16.5. The molecule has 1 fully saturated rings. The first-order valence-electron chi connectivity index (χ1n) is 6.08. The molecule has 16 heavy (non-hydrogen) atoms. The Morgan fingerprint density at radius 3 is 2.81 bits per heavy atom. The normalized spacial score (nSPS) is 27.0. The van der Waals surface area contributed by atoms with Gasteiger partial charge in [-0.3, -0.25) is 0 Å². The van der Waals surface area contributed by atoms with E-state index in [4.69, 9.17) is 9.15 Å². The van der Waals surface area contributed by atoms with Gasteiger partial charge < -0.3 is 14.5 Å². The highest BCUT2D eigenvalue weighted by Crippen LogP contribution is 2.23. The summed E-state index contributed by atoms with van der Waals surface area (Å²) < 4.78 is 11.4. The third-order valence-corrected chi connectivity index (χ3v) is 3.20. The van der Waals surface area contributed by atoms with Gasteiger partial charge in [-0.15, -0.1) is 0 Å². The van der Waals surface area contributed by atoms with Gasteiger partial charge in [-0.05, 0) is 31.4 Å². The van der Waals surface area contributed by atoms with E-state index in [1.54, 1.807) is 0 Å². The largest absolute Gasteiger partial charge is 0.464 e. The maximum atomic E-state index is 5.83. The summed E-state index contributed by atoms with van der Waals surface area (Å²) in [6.45, 7) is 8.10. The minimum atomic E-state index is 0.0671. The molecule has 2 heterocycles. The van der Waals surface area contributed by atoms with E-state index in [1.165, 1.54) is 0 Å². The van der Waals surface area contributed by atoms with Crippen LogP contribution in [0, 0.1) is 12.8 Å². The van der Waals surface area contributed by atoms with Crippen LogP contribution < -0.4 is 5.32 Å². The van der Waals surface area contributed by atoms with E-state index in [9.17, 15) is 0 Å². The summed E-state index contributed by atoms with van der Waals surface area (Å²) in [7, 11) is 0. The second-order valence-electron chi connectivity index (χ2n) is 4.86. The molecular weight excluding hydrogens is 202 g/mol. The van der Waals surface area contributed by atoms with Crippen molar-refractivity contribution < 1.29 is 9.15 Å². The standard InChI is InChI=1S/C13H21NO2/c1-9(2)11-6-7-15-13(8-14-11)12-5-4-10(3)16-12/h4-5,9,11,13-14H,6-8H2,1-3H3. The summed E-state index contributed by atoms with van der Waals surface area (Å²) in [6, 6.07) is 4.56. The van der Waals surface area contributed by atoms with Crippen LogP contribution in [-0.4, -0.2) is 19.2 Å². The summed E-state index contributed by atoms with van der Waals surface area (Å²) in [4.78, 5) is 0. The number of aryl methyl sites for hydroxylation is 1. The molecule has 1 aromatic rings. The van der Waals surface area contributed by atoms with Crippen molar-refractivity contribution in [2.75, 3.05) is 13.2 Å². The molecule has 2 rings (SSSR count). The van der Waals surface area contributed by atoms with Crippen LogP contribution in [0.3, 0.4) is 0 Å². The van der Waals surface area contributed by atoms with Crippen LogP contribution in [0.5, 0.6) is 0 Å². The molecule has 1 aliphatic heterocycles. The van der Waals surface area contributed by atoms with Crippen molar-refractivity contribution in [2.24, 2.45) is 5.92 Å². The summed E-state index contributed by atoms with van der Waals surface area (Å²) in [6.07, 6.45) is 1.14. The van der Waals surface area contributed by atoms with E-state index in [2.05, 4.69) is 19.2 Å². The minimum Gasteiger partial charge on any atom is -0.464 e. The van der Waals surface area contributed by atoms with Crippen molar-refractivity contribution in [3.05, 3.63) is 23.7 Å². The van der Waals surface area contributed by atoms with E-state index in [0.29, 0.717) is 12.0 Å². The first kappa shape index (κ1) is 11.7. The second kappa shape index (κ2) is 5.02. The number of rotatable bonds is 2. The van der Waals surface area contributed by atoms with Gasteiger partial charge in [0, 0.05) is 19.2 Å². The SMILES string of the molecule is Cc1ccc(C2CNC(C(C)C)CCO2)o1. The Hall–Kier alpha value is -0.800. The van der Waals surface area contributed by atoms with Crippen LogP contribution in [0.15, 0.2) is 16.5 Å². The van der Waals surface area contributed by atoms with Gasteiger partial charge in [0.05, 0.1) is 0 Å². The molecule has 90 valence electrons. The van der Waals surface area contributed by atoms with Crippen LogP contribution in [0.25, 0.3) is 0 Å². The Morgan fingerprint density at radius 2 is 2.19 bits per heavy atom. The Balaban J connectivity index is 1.98. The lowest BCUT2D eigenvalue weighted by molar-refractivity contribution is 0.0502. The fraction of sp³-hybridized carbons (Fsp3) is 0.692. The molecule has 3 heteroatoms.